The standard InChI is InChI=1S/C10H17NO2/c1-7-9-5-8(6-12-2)3-4-10(9)13-11-7/h8-10H,3-6H2,1-2H3. The summed E-state index contributed by atoms with van der Waals surface area (Å²) in [7, 11) is 1.78. The van der Waals surface area contributed by atoms with Gasteiger partial charge in [0.2, 0.25) is 0 Å². The Labute approximate surface area is 79.1 Å². The van der Waals surface area contributed by atoms with Crippen molar-refractivity contribution >= 4 is 5.71 Å². The Balaban J connectivity index is 1.94. The lowest BCUT2D eigenvalue weighted by atomic mass is 9.78. The van der Waals surface area contributed by atoms with Crippen LogP contribution in [0.5, 0.6) is 0 Å². The molecule has 1 fully saturated rings. The van der Waals surface area contributed by atoms with Gasteiger partial charge in [0, 0.05) is 19.6 Å². The topological polar surface area (TPSA) is 30.8 Å². The fraction of sp³-hybridized carbons (Fsp3) is 0.900. The minimum absolute atomic E-state index is 0.369. The van der Waals surface area contributed by atoms with Gasteiger partial charge < -0.3 is 9.57 Å². The van der Waals surface area contributed by atoms with Crippen LogP contribution in [0.4, 0.5) is 0 Å². The van der Waals surface area contributed by atoms with Gasteiger partial charge in [-0.2, -0.15) is 0 Å². The van der Waals surface area contributed by atoms with Gasteiger partial charge in [-0.3, -0.25) is 0 Å². The van der Waals surface area contributed by atoms with Crippen LogP contribution >= 0.6 is 0 Å². The first kappa shape index (κ1) is 9.00. The van der Waals surface area contributed by atoms with Gasteiger partial charge in [-0.1, -0.05) is 5.16 Å². The van der Waals surface area contributed by atoms with E-state index in [-0.39, 0.29) is 0 Å². The molecule has 0 amide bonds. The van der Waals surface area contributed by atoms with Crippen LogP contribution < -0.4 is 0 Å². The summed E-state index contributed by atoms with van der Waals surface area (Å²) in [5.74, 6) is 1.27. The molecular weight excluding hydrogens is 166 g/mol. The summed E-state index contributed by atoms with van der Waals surface area (Å²) in [4.78, 5) is 5.34. The monoisotopic (exact) mass is 183 g/mol. The maximum Gasteiger partial charge on any atom is 0.135 e. The van der Waals surface area contributed by atoms with Crippen molar-refractivity contribution < 1.29 is 9.57 Å². The molecule has 3 nitrogen and oxygen atoms in total. The predicted molar refractivity (Wildman–Crippen MR) is 50.7 cm³/mol. The Morgan fingerprint density at radius 1 is 1.54 bits per heavy atom. The van der Waals surface area contributed by atoms with Gasteiger partial charge in [-0.15, -0.1) is 0 Å². The number of ether oxygens (including phenoxy) is 1. The lowest BCUT2D eigenvalue weighted by molar-refractivity contribution is 0.0139. The third kappa shape index (κ3) is 1.70. The molecule has 0 aromatic heterocycles. The van der Waals surface area contributed by atoms with Gasteiger partial charge in [0.05, 0.1) is 5.71 Å². The highest BCUT2D eigenvalue weighted by molar-refractivity contribution is 5.85. The highest BCUT2D eigenvalue weighted by Gasteiger charge is 2.37. The van der Waals surface area contributed by atoms with Crippen LogP contribution in [0.1, 0.15) is 26.2 Å². The number of hydrogen-bond acceptors (Lipinski definition) is 3. The molecule has 1 aliphatic carbocycles. The summed E-state index contributed by atoms with van der Waals surface area (Å²) >= 11 is 0. The van der Waals surface area contributed by atoms with Crippen molar-refractivity contribution in [1.29, 1.82) is 0 Å². The van der Waals surface area contributed by atoms with E-state index in [1.807, 2.05) is 0 Å². The van der Waals surface area contributed by atoms with E-state index in [9.17, 15) is 0 Å². The highest BCUT2D eigenvalue weighted by Crippen LogP contribution is 2.35. The Kier molecular flexibility index (Phi) is 2.54. The second kappa shape index (κ2) is 3.66. The molecule has 0 spiro atoms. The second-order valence-corrected chi connectivity index (χ2v) is 4.12. The lowest BCUT2D eigenvalue weighted by Crippen LogP contribution is -2.31. The van der Waals surface area contributed by atoms with Gasteiger partial charge in [-0.25, -0.2) is 0 Å². The van der Waals surface area contributed by atoms with Gasteiger partial charge in [0.15, 0.2) is 0 Å². The lowest BCUT2D eigenvalue weighted by Gasteiger charge is -2.29. The number of oxime groups is 1. The zero-order chi connectivity index (χ0) is 9.26. The highest BCUT2D eigenvalue weighted by atomic mass is 16.6. The molecule has 0 saturated heterocycles. The summed E-state index contributed by atoms with van der Waals surface area (Å²) in [5, 5.41) is 4.05. The summed E-state index contributed by atoms with van der Waals surface area (Å²) in [6.07, 6.45) is 3.92. The maximum absolute atomic E-state index is 5.34. The van der Waals surface area contributed by atoms with E-state index in [0.29, 0.717) is 17.9 Å². The molecular formula is C10H17NO2. The smallest absolute Gasteiger partial charge is 0.135 e. The van der Waals surface area contributed by atoms with Crippen molar-refractivity contribution in [3.05, 3.63) is 0 Å². The number of fused-ring (bicyclic) bond motifs is 1. The SMILES string of the molecule is COCC1CCC2ON=C(C)C2C1. The van der Waals surface area contributed by atoms with Crippen LogP contribution in [0.25, 0.3) is 0 Å². The molecule has 1 heterocycles. The summed E-state index contributed by atoms with van der Waals surface area (Å²) in [5.41, 5.74) is 1.17. The van der Waals surface area contributed by atoms with E-state index in [1.165, 1.54) is 18.6 Å². The molecule has 0 N–H and O–H groups in total. The van der Waals surface area contributed by atoms with E-state index >= 15 is 0 Å². The molecule has 2 rings (SSSR count). The molecule has 2 aliphatic rings. The zero-order valence-corrected chi connectivity index (χ0v) is 8.32. The van der Waals surface area contributed by atoms with E-state index in [2.05, 4.69) is 12.1 Å². The Hall–Kier alpha value is -0.570. The van der Waals surface area contributed by atoms with Crippen LogP contribution in [0.3, 0.4) is 0 Å². The van der Waals surface area contributed by atoms with Crippen LogP contribution in [-0.4, -0.2) is 25.5 Å². The molecule has 1 aliphatic heterocycles. The van der Waals surface area contributed by atoms with E-state index in [4.69, 9.17) is 9.57 Å². The van der Waals surface area contributed by atoms with E-state index in [1.54, 1.807) is 7.11 Å². The molecule has 3 unspecified atom stereocenters. The van der Waals surface area contributed by atoms with Crippen LogP contribution in [0.2, 0.25) is 0 Å². The molecule has 0 radical (unpaired) electrons. The van der Waals surface area contributed by atoms with Crippen LogP contribution in [-0.2, 0) is 9.57 Å². The first-order chi connectivity index (χ1) is 6.31. The third-order valence-corrected chi connectivity index (χ3v) is 3.17. The summed E-state index contributed by atoms with van der Waals surface area (Å²) in [6.45, 7) is 2.95. The molecule has 0 aromatic carbocycles. The van der Waals surface area contributed by atoms with Gasteiger partial charge in [-0.05, 0) is 32.1 Å². The van der Waals surface area contributed by atoms with Gasteiger partial charge in [0.25, 0.3) is 0 Å². The number of methoxy groups -OCH3 is 1. The second-order valence-electron chi connectivity index (χ2n) is 4.12. The molecule has 0 bridgehead atoms. The average molecular weight is 183 g/mol. The van der Waals surface area contributed by atoms with E-state index < -0.39 is 0 Å². The van der Waals surface area contributed by atoms with E-state index in [0.717, 1.165) is 13.0 Å². The van der Waals surface area contributed by atoms with Crippen molar-refractivity contribution in [3.63, 3.8) is 0 Å². The zero-order valence-electron chi connectivity index (χ0n) is 8.32. The summed E-state index contributed by atoms with van der Waals surface area (Å²) < 4.78 is 5.18. The molecule has 0 aromatic rings. The van der Waals surface area contributed by atoms with Crippen molar-refractivity contribution in [3.8, 4) is 0 Å². The van der Waals surface area contributed by atoms with Crippen molar-refractivity contribution in [2.24, 2.45) is 17.0 Å². The van der Waals surface area contributed by atoms with Crippen molar-refractivity contribution in [2.45, 2.75) is 32.3 Å². The average Bonchev–Trinajstić information content (AvgIpc) is 2.49. The molecule has 1 saturated carbocycles. The van der Waals surface area contributed by atoms with Gasteiger partial charge >= 0.3 is 0 Å². The Morgan fingerprint density at radius 2 is 2.38 bits per heavy atom. The maximum atomic E-state index is 5.34. The minimum Gasteiger partial charge on any atom is -0.392 e. The number of hydrogen-bond donors (Lipinski definition) is 0. The molecule has 3 atom stereocenters. The van der Waals surface area contributed by atoms with Crippen molar-refractivity contribution in [2.75, 3.05) is 13.7 Å². The minimum atomic E-state index is 0.369. The van der Waals surface area contributed by atoms with Gasteiger partial charge in [0.1, 0.15) is 6.10 Å². The third-order valence-electron chi connectivity index (χ3n) is 3.17. The van der Waals surface area contributed by atoms with Crippen molar-refractivity contribution in [1.82, 2.24) is 0 Å². The molecule has 13 heavy (non-hydrogen) atoms. The number of rotatable bonds is 2. The quantitative estimate of drug-likeness (QED) is 0.654. The fourth-order valence-electron chi connectivity index (χ4n) is 2.40. The molecule has 74 valence electrons. The fourth-order valence-corrected chi connectivity index (χ4v) is 2.40. The number of nitrogens with zero attached hydrogens (tertiary/aromatic N) is 1. The Morgan fingerprint density at radius 3 is 3.15 bits per heavy atom. The normalized spacial score (nSPS) is 38.0. The molecule has 3 heteroatoms. The predicted octanol–water partition coefficient (Wildman–Crippen LogP) is 1.82. The largest absolute Gasteiger partial charge is 0.392 e. The first-order valence-corrected chi connectivity index (χ1v) is 5.00. The first-order valence-electron chi connectivity index (χ1n) is 5.00. The van der Waals surface area contributed by atoms with Crippen LogP contribution in [0, 0.1) is 11.8 Å². The van der Waals surface area contributed by atoms with Crippen LogP contribution in [0.15, 0.2) is 5.16 Å². The Bertz CT molecular complexity index is 215. The summed E-state index contributed by atoms with van der Waals surface area (Å²) in [6, 6.07) is 0.